The maximum Gasteiger partial charge on any atom is 0 e. The van der Waals surface area contributed by atoms with E-state index >= 15 is 0 Å². The maximum atomic E-state index is 2.04. The molecule has 0 bridgehead atoms. The second-order valence-corrected chi connectivity index (χ2v) is 1.61. The molecule has 0 aliphatic carbocycles. The van der Waals surface area contributed by atoms with Crippen molar-refractivity contribution >= 4 is 11.3 Å². The summed E-state index contributed by atoms with van der Waals surface area (Å²) >= 11 is 1.71. The van der Waals surface area contributed by atoms with Crippen molar-refractivity contribution in [3.63, 3.8) is 0 Å². The van der Waals surface area contributed by atoms with Crippen LogP contribution in [0, 0.1) is 0 Å². The highest BCUT2D eigenvalue weighted by atomic mass is 32.1. The Morgan fingerprint density at radius 1 is 1.00 bits per heavy atom. The molecular weight excluding hydrogens is 94.1 g/mol. The van der Waals surface area contributed by atoms with Gasteiger partial charge in [0.1, 0.15) is 0 Å². The zero-order chi connectivity index (χ0) is 3.54. The SMILES string of the molecule is [N].c1ccsc1. The molecule has 3 radical (unpaired) electrons. The fourth-order valence-electron chi connectivity index (χ4n) is 0.227. The monoisotopic (exact) mass is 98.0 g/mol. The highest BCUT2D eigenvalue weighted by Gasteiger charge is 1.58. The summed E-state index contributed by atoms with van der Waals surface area (Å²) in [6.45, 7) is 0. The van der Waals surface area contributed by atoms with E-state index < -0.39 is 0 Å². The molecule has 0 unspecified atom stereocenters. The van der Waals surface area contributed by atoms with Crippen molar-refractivity contribution in [3.8, 4) is 0 Å². The molecule has 2 heteroatoms. The first-order chi connectivity index (χ1) is 2.50. The van der Waals surface area contributed by atoms with Crippen LogP contribution in [0.15, 0.2) is 22.9 Å². The van der Waals surface area contributed by atoms with Gasteiger partial charge in [-0.15, -0.1) is 0 Å². The lowest BCUT2D eigenvalue weighted by Gasteiger charge is -1.39. The van der Waals surface area contributed by atoms with Gasteiger partial charge in [-0.3, -0.25) is 0 Å². The second kappa shape index (κ2) is 2.87. The van der Waals surface area contributed by atoms with Crippen LogP contribution in [0.4, 0.5) is 0 Å². The van der Waals surface area contributed by atoms with E-state index in [-0.39, 0.29) is 6.15 Å². The normalized spacial score (nSPS) is 6.67. The van der Waals surface area contributed by atoms with Crippen LogP contribution in [0.5, 0.6) is 0 Å². The molecule has 0 amide bonds. The number of hydrogen-bond donors (Lipinski definition) is 0. The van der Waals surface area contributed by atoms with Gasteiger partial charge in [-0.1, -0.05) is 12.1 Å². The van der Waals surface area contributed by atoms with Gasteiger partial charge in [0, 0.05) is 6.15 Å². The van der Waals surface area contributed by atoms with Gasteiger partial charge in [-0.05, 0) is 10.8 Å². The predicted octanol–water partition coefficient (Wildman–Crippen LogP) is 1.27. The summed E-state index contributed by atoms with van der Waals surface area (Å²) in [5, 5.41) is 4.08. The number of thiophene rings is 1. The number of hydrogen-bond acceptors (Lipinski definition) is 1. The van der Waals surface area contributed by atoms with Crippen LogP contribution in [0.2, 0.25) is 0 Å². The van der Waals surface area contributed by atoms with Crippen LogP contribution < -0.4 is 6.15 Å². The van der Waals surface area contributed by atoms with Crippen LogP contribution >= 0.6 is 11.3 Å². The minimum absolute atomic E-state index is 0. The van der Waals surface area contributed by atoms with Gasteiger partial charge in [-0.25, -0.2) is 0 Å². The molecular formula is C4H4NS. The molecule has 0 N–H and O–H groups in total. The molecule has 1 aromatic rings. The second-order valence-electron chi connectivity index (χ2n) is 0.793. The van der Waals surface area contributed by atoms with E-state index in [1.807, 2.05) is 22.9 Å². The van der Waals surface area contributed by atoms with Crippen LogP contribution in [-0.4, -0.2) is 0 Å². The van der Waals surface area contributed by atoms with E-state index in [1.54, 1.807) is 11.3 Å². The van der Waals surface area contributed by atoms with Crippen molar-refractivity contribution in [3.05, 3.63) is 22.9 Å². The zero-order valence-corrected chi connectivity index (χ0v) is 3.98. The van der Waals surface area contributed by atoms with Crippen molar-refractivity contribution in [1.29, 1.82) is 0 Å². The molecule has 1 aromatic heterocycles. The summed E-state index contributed by atoms with van der Waals surface area (Å²) in [6.07, 6.45) is 0. The molecule has 1 nitrogen and oxygen atoms in total. The van der Waals surface area contributed by atoms with Gasteiger partial charge >= 0.3 is 0 Å². The van der Waals surface area contributed by atoms with Crippen LogP contribution in [0.25, 0.3) is 0 Å². The Labute approximate surface area is 41.2 Å². The van der Waals surface area contributed by atoms with Gasteiger partial charge in [0.25, 0.3) is 0 Å². The van der Waals surface area contributed by atoms with E-state index in [2.05, 4.69) is 0 Å². The Kier molecular flexibility index (Phi) is 2.71. The predicted molar refractivity (Wildman–Crippen MR) is 26.5 cm³/mol. The van der Waals surface area contributed by atoms with E-state index in [1.165, 1.54) is 0 Å². The molecule has 0 aliphatic heterocycles. The highest BCUT2D eigenvalue weighted by Crippen LogP contribution is 1.91. The average molecular weight is 98.1 g/mol. The van der Waals surface area contributed by atoms with Crippen molar-refractivity contribution in [2.24, 2.45) is 0 Å². The van der Waals surface area contributed by atoms with Crippen LogP contribution in [0.3, 0.4) is 0 Å². The van der Waals surface area contributed by atoms with E-state index in [0.29, 0.717) is 0 Å². The Morgan fingerprint density at radius 2 is 1.50 bits per heavy atom. The molecule has 0 spiro atoms. The van der Waals surface area contributed by atoms with E-state index in [9.17, 15) is 0 Å². The van der Waals surface area contributed by atoms with E-state index in [0.717, 1.165) is 0 Å². The lowest BCUT2D eigenvalue weighted by Crippen LogP contribution is -1.16. The third-order valence-corrected chi connectivity index (χ3v) is 1.05. The highest BCUT2D eigenvalue weighted by molar-refractivity contribution is 7.07. The first-order valence-electron chi connectivity index (χ1n) is 1.47. The molecule has 0 aliphatic rings. The molecule has 0 fully saturated rings. The lowest BCUT2D eigenvalue weighted by molar-refractivity contribution is 2.03. The van der Waals surface area contributed by atoms with Crippen molar-refractivity contribution in [2.45, 2.75) is 0 Å². The Bertz CT molecular complexity index is 64.0. The summed E-state index contributed by atoms with van der Waals surface area (Å²) in [6, 6.07) is 4.04. The summed E-state index contributed by atoms with van der Waals surface area (Å²) in [7, 11) is 0. The van der Waals surface area contributed by atoms with Crippen LogP contribution in [-0.2, 0) is 0 Å². The van der Waals surface area contributed by atoms with Crippen LogP contribution in [0.1, 0.15) is 0 Å². The quantitative estimate of drug-likeness (QED) is 0.468. The molecule has 6 heavy (non-hydrogen) atoms. The topological polar surface area (TPSA) is 30.5 Å². The summed E-state index contributed by atoms with van der Waals surface area (Å²) in [4.78, 5) is 0. The molecule has 0 atom stereocenters. The van der Waals surface area contributed by atoms with Gasteiger partial charge in [0.15, 0.2) is 0 Å². The zero-order valence-electron chi connectivity index (χ0n) is 3.16. The summed E-state index contributed by atoms with van der Waals surface area (Å²) in [5.41, 5.74) is 0. The lowest BCUT2D eigenvalue weighted by atomic mass is 10.7. The largest absolute Gasteiger partial charge is 0.152 e. The molecule has 1 rings (SSSR count). The van der Waals surface area contributed by atoms with Gasteiger partial charge < -0.3 is 0 Å². The first kappa shape index (κ1) is 5.66. The maximum absolute atomic E-state index is 2.04. The van der Waals surface area contributed by atoms with Crippen molar-refractivity contribution in [2.75, 3.05) is 0 Å². The summed E-state index contributed by atoms with van der Waals surface area (Å²) < 4.78 is 0. The number of rotatable bonds is 0. The Balaban J connectivity index is 0.000000250. The molecule has 1 heterocycles. The first-order valence-corrected chi connectivity index (χ1v) is 2.41. The standard InChI is InChI=1S/C4H4S.N/c1-2-4-5-3-1;/h1-4H;. The van der Waals surface area contributed by atoms with Crippen molar-refractivity contribution in [1.82, 2.24) is 6.15 Å². The molecule has 0 aromatic carbocycles. The third-order valence-electron chi connectivity index (χ3n) is 0.425. The average Bonchev–Trinajstić information content (AvgIpc) is 1.76. The Morgan fingerprint density at radius 3 is 1.67 bits per heavy atom. The van der Waals surface area contributed by atoms with Crippen molar-refractivity contribution < 1.29 is 0 Å². The minimum Gasteiger partial charge on any atom is -0.152 e. The molecule has 31 valence electrons. The van der Waals surface area contributed by atoms with E-state index in [4.69, 9.17) is 0 Å². The minimum atomic E-state index is 0. The fourth-order valence-corrected chi connectivity index (χ4v) is 0.680. The molecule has 0 saturated carbocycles. The third kappa shape index (κ3) is 1.19. The fraction of sp³-hybridized carbons (Fsp3) is 0. The van der Waals surface area contributed by atoms with Gasteiger partial charge in [0.05, 0.1) is 0 Å². The smallest absolute Gasteiger partial charge is 0 e. The molecule has 0 saturated heterocycles. The van der Waals surface area contributed by atoms with Gasteiger partial charge in [0.2, 0.25) is 0 Å². The summed E-state index contributed by atoms with van der Waals surface area (Å²) in [5.74, 6) is 0. The number of nitrogens with zero attached hydrogens (tertiary/aromatic N) is 1. The Hall–Kier alpha value is -0.340. The van der Waals surface area contributed by atoms with Gasteiger partial charge in [-0.2, -0.15) is 11.3 Å².